The average molecular weight is 772 g/mol. The number of aromatic hydroxyl groups is 1. The number of rotatable bonds is 16. The fraction of sp³-hybridized carbons (Fsp3) is 0.596. The van der Waals surface area contributed by atoms with Crippen LogP contribution >= 0.6 is 0 Å². The molecule has 9 heteroatoms. The van der Waals surface area contributed by atoms with Crippen molar-refractivity contribution in [3.05, 3.63) is 88.5 Å². The lowest BCUT2D eigenvalue weighted by atomic mass is 9.72. The third-order valence-electron chi connectivity index (χ3n) is 12.7. The second-order valence-electron chi connectivity index (χ2n) is 17.1. The van der Waals surface area contributed by atoms with Crippen LogP contribution < -0.4 is 5.32 Å². The summed E-state index contributed by atoms with van der Waals surface area (Å²) in [6, 6.07) is 14.7. The van der Waals surface area contributed by atoms with Crippen molar-refractivity contribution in [3.8, 4) is 17.6 Å². The zero-order valence-electron chi connectivity index (χ0n) is 33.4. The minimum absolute atomic E-state index is 0.0610. The van der Waals surface area contributed by atoms with Gasteiger partial charge in [0.25, 0.3) is 0 Å². The number of nitrogens with one attached hydrogen (secondary N) is 1. The van der Waals surface area contributed by atoms with E-state index in [1.807, 2.05) is 25.1 Å². The van der Waals surface area contributed by atoms with Gasteiger partial charge in [-0.3, -0.25) is 4.79 Å². The molecule has 2 aromatic carbocycles. The van der Waals surface area contributed by atoms with Gasteiger partial charge in [0.2, 0.25) is 0 Å². The fourth-order valence-corrected chi connectivity index (χ4v) is 9.55. The summed E-state index contributed by atoms with van der Waals surface area (Å²) in [6.45, 7) is 3.52. The molecule has 0 spiro atoms. The first-order valence-electron chi connectivity index (χ1n) is 20.9. The molecule has 0 saturated heterocycles. The van der Waals surface area contributed by atoms with Crippen LogP contribution in [-0.4, -0.2) is 84.8 Å². The molecule has 1 fully saturated rings. The van der Waals surface area contributed by atoms with E-state index < -0.39 is 42.4 Å². The van der Waals surface area contributed by atoms with Crippen LogP contribution in [0.4, 0.5) is 0 Å². The number of unbranched alkanes of at least 4 members (excludes halogenated alkanes) is 1. The Labute approximate surface area is 333 Å². The van der Waals surface area contributed by atoms with Gasteiger partial charge in [0, 0.05) is 18.5 Å². The summed E-state index contributed by atoms with van der Waals surface area (Å²) in [5, 5.41) is 79.3. The van der Waals surface area contributed by atoms with Crippen molar-refractivity contribution in [1.82, 2.24) is 5.32 Å². The van der Waals surface area contributed by atoms with Crippen molar-refractivity contribution >= 4 is 5.97 Å². The number of phenols is 1. The van der Waals surface area contributed by atoms with E-state index in [0.29, 0.717) is 25.7 Å². The average Bonchev–Trinajstić information content (AvgIpc) is 3.63. The van der Waals surface area contributed by atoms with Crippen LogP contribution in [0.3, 0.4) is 0 Å². The molecule has 0 radical (unpaired) electrons. The smallest absolute Gasteiger partial charge is 0.303 e. The van der Waals surface area contributed by atoms with Crippen LogP contribution in [-0.2, 0) is 11.2 Å². The van der Waals surface area contributed by atoms with Gasteiger partial charge in [0.15, 0.2) is 0 Å². The molecular weight excluding hydrogens is 707 g/mol. The number of hydrogen-bond donors (Lipinski definition) is 8. The minimum Gasteiger partial charge on any atom is -0.508 e. The van der Waals surface area contributed by atoms with Crippen molar-refractivity contribution in [1.29, 1.82) is 0 Å². The highest BCUT2D eigenvalue weighted by molar-refractivity contribution is 5.67. The van der Waals surface area contributed by atoms with Crippen molar-refractivity contribution in [2.75, 3.05) is 13.2 Å². The first-order chi connectivity index (χ1) is 26.8. The highest BCUT2D eigenvalue weighted by atomic mass is 16.4. The molecule has 9 nitrogen and oxygen atoms in total. The highest BCUT2D eigenvalue weighted by Crippen LogP contribution is 2.46. The van der Waals surface area contributed by atoms with E-state index >= 15 is 0 Å². The van der Waals surface area contributed by atoms with Gasteiger partial charge in [0.1, 0.15) is 5.75 Å². The molecule has 8 atom stereocenters. The Morgan fingerprint density at radius 1 is 1.02 bits per heavy atom. The normalized spacial score (nSPS) is 26.9. The summed E-state index contributed by atoms with van der Waals surface area (Å²) in [4.78, 5) is 12.0. The van der Waals surface area contributed by atoms with Crippen LogP contribution in [0.15, 0.2) is 71.8 Å². The molecule has 0 aromatic heterocycles. The van der Waals surface area contributed by atoms with E-state index in [2.05, 4.69) is 29.3 Å². The quantitative estimate of drug-likeness (QED) is 0.0871. The number of phenolic OH excluding ortho intramolecular Hbond substituents is 1. The number of hydrogen-bond acceptors (Lipinski definition) is 8. The van der Waals surface area contributed by atoms with Crippen LogP contribution in [0.2, 0.25) is 0 Å². The molecule has 2 aliphatic carbocycles. The summed E-state index contributed by atoms with van der Waals surface area (Å²) in [6.07, 6.45) is 11.1. The number of β-amino-alcohol motifs (C(OH)–C–C–N with tert-alkyl or cyclic N) is 1. The van der Waals surface area contributed by atoms with E-state index in [1.165, 1.54) is 0 Å². The van der Waals surface area contributed by atoms with Crippen molar-refractivity contribution in [2.45, 2.75) is 152 Å². The summed E-state index contributed by atoms with van der Waals surface area (Å²) in [5.74, 6) is 5.65. The zero-order chi connectivity index (χ0) is 40.3. The SMILES string of the molecule is CCCCC(O)C(O)C=CC1=C(CC(O)CO)C2NCC(C)(O)C(c3ccc(O)cc3)C#CC(CC2CCCC2(CC(=O)O)CCCC2)c2ccccc2CC1. The molecule has 56 heavy (non-hydrogen) atoms. The molecule has 8 unspecified atom stereocenters. The maximum atomic E-state index is 12.3. The zero-order valence-corrected chi connectivity index (χ0v) is 33.4. The van der Waals surface area contributed by atoms with Crippen LogP contribution in [0.5, 0.6) is 5.75 Å². The molecule has 2 aromatic rings. The number of carboxylic acid groups (broad SMARTS) is 1. The van der Waals surface area contributed by atoms with Crippen molar-refractivity contribution < 1.29 is 40.5 Å². The lowest BCUT2D eigenvalue weighted by Gasteiger charge is -2.40. The molecule has 1 saturated carbocycles. The lowest BCUT2D eigenvalue weighted by molar-refractivity contribution is -0.139. The maximum Gasteiger partial charge on any atom is 0.303 e. The highest BCUT2D eigenvalue weighted by Gasteiger charge is 2.40. The molecule has 3 aliphatic rings. The number of benzene rings is 2. The molecule has 306 valence electrons. The number of carboxylic acids is 1. The number of carbonyl (C=O) groups is 1. The first-order valence-corrected chi connectivity index (χ1v) is 20.9. The molecule has 5 rings (SSSR count). The summed E-state index contributed by atoms with van der Waals surface area (Å²) < 4.78 is 0. The van der Waals surface area contributed by atoms with Gasteiger partial charge in [-0.1, -0.05) is 99.4 Å². The maximum absolute atomic E-state index is 12.3. The number of allylic oxidation sites excluding steroid dienone is 2. The van der Waals surface area contributed by atoms with E-state index in [0.717, 1.165) is 85.6 Å². The Kier molecular flexibility index (Phi) is 15.8. The second kappa shape index (κ2) is 20.3. The van der Waals surface area contributed by atoms with Gasteiger partial charge in [-0.15, -0.1) is 0 Å². The third kappa shape index (κ3) is 11.6. The van der Waals surface area contributed by atoms with Gasteiger partial charge >= 0.3 is 5.97 Å². The van der Waals surface area contributed by atoms with E-state index in [-0.39, 0.29) is 48.4 Å². The monoisotopic (exact) mass is 771 g/mol. The van der Waals surface area contributed by atoms with Gasteiger partial charge in [-0.2, -0.15) is 0 Å². The van der Waals surface area contributed by atoms with Crippen molar-refractivity contribution in [3.63, 3.8) is 0 Å². The molecule has 1 heterocycles. The Morgan fingerprint density at radius 3 is 2.45 bits per heavy atom. The second-order valence-corrected chi connectivity index (χ2v) is 17.1. The molecule has 1 aliphatic heterocycles. The largest absolute Gasteiger partial charge is 0.508 e. The summed E-state index contributed by atoms with van der Waals surface area (Å²) in [5.41, 5.74) is 3.20. The molecule has 2 bridgehead atoms. The molecule has 0 amide bonds. The minimum atomic E-state index is -1.37. The Morgan fingerprint density at radius 2 is 1.75 bits per heavy atom. The number of aliphatic hydroxyl groups excluding tert-OH is 4. The first kappa shape index (κ1) is 43.6. The Bertz CT molecular complexity index is 1700. The standard InChI is InChI=1S/C47H65NO8/c1-3-4-13-42(52)43(53)23-19-33-15-14-32-10-5-6-12-39(32)35-18-22-41(34-16-20-37(50)21-17-34)46(2,56)31-48-45(40(33)28-38(51)30-49)36(27-35)11-9-26-47(29-44(54)55)24-7-8-25-47/h5-6,10,12,16-17,19-21,23,35-36,38,41-43,45,48-53,56H,3-4,7-9,11,13-15,24-31H2,1-2H3,(H,54,55). The van der Waals surface area contributed by atoms with Gasteiger partial charge in [-0.05, 0) is 116 Å². The Balaban J connectivity index is 1.67. The van der Waals surface area contributed by atoms with Crippen LogP contribution in [0.25, 0.3) is 0 Å². The molecule has 8 N–H and O–H groups in total. The summed E-state index contributed by atoms with van der Waals surface area (Å²) >= 11 is 0. The molecular formula is C47H65NO8. The lowest BCUT2D eigenvalue weighted by Crippen LogP contribution is -2.50. The van der Waals surface area contributed by atoms with E-state index in [1.54, 1.807) is 37.3 Å². The third-order valence-corrected chi connectivity index (χ3v) is 12.7. The predicted molar refractivity (Wildman–Crippen MR) is 219 cm³/mol. The predicted octanol–water partition coefficient (Wildman–Crippen LogP) is 6.65. The number of fused-ring (bicyclic) bond motifs is 5. The summed E-state index contributed by atoms with van der Waals surface area (Å²) in [7, 11) is 0. The van der Waals surface area contributed by atoms with E-state index in [4.69, 9.17) is 0 Å². The number of aliphatic hydroxyl groups is 5. The fourth-order valence-electron chi connectivity index (χ4n) is 9.55. The van der Waals surface area contributed by atoms with Crippen molar-refractivity contribution in [2.24, 2.45) is 11.3 Å². The van der Waals surface area contributed by atoms with Gasteiger partial charge in [-0.25, -0.2) is 0 Å². The van der Waals surface area contributed by atoms with Gasteiger partial charge < -0.3 is 41.1 Å². The topological polar surface area (TPSA) is 171 Å². The van der Waals surface area contributed by atoms with Crippen LogP contribution in [0.1, 0.15) is 132 Å². The van der Waals surface area contributed by atoms with E-state index in [9.17, 15) is 40.5 Å². The van der Waals surface area contributed by atoms with Crippen LogP contribution in [0, 0.1) is 23.2 Å². The Hall–Kier alpha value is -3.49. The number of aliphatic carboxylic acids is 1. The van der Waals surface area contributed by atoms with Gasteiger partial charge in [0.05, 0.1) is 42.9 Å². The number of aryl methyl sites for hydroxylation is 1.